The number of ether oxygens (including phenoxy) is 2. The number of nitrogens with zero attached hydrogens (tertiary/aromatic N) is 1. The third-order valence-corrected chi connectivity index (χ3v) is 12.5. The van der Waals surface area contributed by atoms with Crippen LogP contribution in [0.5, 0.6) is 5.75 Å². The van der Waals surface area contributed by atoms with Crippen LogP contribution in [0, 0.1) is 51.8 Å². The van der Waals surface area contributed by atoms with Crippen LogP contribution in [0.4, 0.5) is 0 Å². The number of aryl methyl sites for hydroxylation is 1. The normalized spacial score (nSPS) is 48.4. The van der Waals surface area contributed by atoms with Crippen molar-refractivity contribution in [1.29, 1.82) is 0 Å². The number of aromatic nitrogens is 1. The molecule has 1 heterocycles. The van der Waals surface area contributed by atoms with Crippen molar-refractivity contribution in [2.45, 2.75) is 91.1 Å². The molecule has 1 spiro atoms. The van der Waals surface area contributed by atoms with E-state index in [0.717, 1.165) is 47.7 Å². The lowest BCUT2D eigenvalue weighted by molar-refractivity contribution is -0.161. The Kier molecular flexibility index (Phi) is 5.22. The third-order valence-electron chi connectivity index (χ3n) is 12.5. The Morgan fingerprint density at radius 2 is 1.94 bits per heavy atom. The molecule has 5 aliphatic rings. The van der Waals surface area contributed by atoms with E-state index in [9.17, 15) is 0 Å². The van der Waals surface area contributed by atoms with Gasteiger partial charge < -0.3 is 9.47 Å². The SMILES string of the molecule is COc1ccnc(CC[C@@H](C)[C@H]2CC[C@H]3[C@@H]4CC(OC)[C@]56C[C@H]5CC[C@]6(C)[C@H]4CC[C@]23C)c1. The Morgan fingerprint density at radius 3 is 2.70 bits per heavy atom. The molecular weight excluding hydrogens is 406 g/mol. The fraction of sp³-hybridized carbons (Fsp3) is 0.833. The Balaban J connectivity index is 1.19. The molecule has 1 aromatic rings. The molecule has 1 aromatic heterocycles. The highest BCUT2D eigenvalue weighted by atomic mass is 16.5. The van der Waals surface area contributed by atoms with Gasteiger partial charge in [-0.1, -0.05) is 20.8 Å². The number of methoxy groups -OCH3 is 2. The van der Waals surface area contributed by atoms with Crippen LogP contribution in [0.2, 0.25) is 0 Å². The van der Waals surface area contributed by atoms with Gasteiger partial charge in [0.25, 0.3) is 0 Å². The first-order valence-electron chi connectivity index (χ1n) is 13.9. The van der Waals surface area contributed by atoms with E-state index >= 15 is 0 Å². The molecule has 10 atom stereocenters. The Labute approximate surface area is 201 Å². The van der Waals surface area contributed by atoms with Crippen molar-refractivity contribution in [3.8, 4) is 5.75 Å². The van der Waals surface area contributed by atoms with Crippen molar-refractivity contribution in [2.75, 3.05) is 14.2 Å². The molecule has 182 valence electrons. The summed E-state index contributed by atoms with van der Waals surface area (Å²) in [4.78, 5) is 4.61. The van der Waals surface area contributed by atoms with Gasteiger partial charge in [-0.3, -0.25) is 4.98 Å². The van der Waals surface area contributed by atoms with E-state index in [2.05, 4.69) is 31.8 Å². The van der Waals surface area contributed by atoms with E-state index in [4.69, 9.17) is 9.47 Å². The number of hydrogen-bond acceptors (Lipinski definition) is 3. The lowest BCUT2D eigenvalue weighted by atomic mass is 9.45. The number of fused-ring (bicyclic) bond motifs is 4. The molecule has 0 aromatic carbocycles. The first-order valence-corrected chi connectivity index (χ1v) is 13.9. The van der Waals surface area contributed by atoms with Gasteiger partial charge >= 0.3 is 0 Å². The fourth-order valence-electron chi connectivity index (χ4n) is 10.9. The van der Waals surface area contributed by atoms with Gasteiger partial charge in [-0.2, -0.15) is 0 Å². The van der Waals surface area contributed by atoms with Crippen molar-refractivity contribution < 1.29 is 9.47 Å². The molecule has 0 saturated heterocycles. The maximum atomic E-state index is 6.31. The van der Waals surface area contributed by atoms with Crippen LogP contribution in [-0.2, 0) is 11.2 Å². The first-order chi connectivity index (χ1) is 15.9. The summed E-state index contributed by atoms with van der Waals surface area (Å²) in [6.45, 7) is 7.92. The summed E-state index contributed by atoms with van der Waals surface area (Å²) in [5.41, 5.74) is 2.79. The highest BCUT2D eigenvalue weighted by Gasteiger charge is 2.77. The van der Waals surface area contributed by atoms with Gasteiger partial charge in [0.2, 0.25) is 0 Å². The molecule has 1 unspecified atom stereocenters. The smallest absolute Gasteiger partial charge is 0.122 e. The summed E-state index contributed by atoms with van der Waals surface area (Å²) in [5, 5.41) is 0. The second-order valence-corrected chi connectivity index (χ2v) is 13.2. The third kappa shape index (κ3) is 2.99. The molecule has 33 heavy (non-hydrogen) atoms. The summed E-state index contributed by atoms with van der Waals surface area (Å²) in [5.74, 6) is 6.26. The minimum Gasteiger partial charge on any atom is -0.497 e. The monoisotopic (exact) mass is 451 g/mol. The lowest BCUT2D eigenvalue weighted by Gasteiger charge is -2.61. The zero-order valence-electron chi connectivity index (χ0n) is 21.6. The minimum atomic E-state index is 0.517. The van der Waals surface area contributed by atoms with E-state index in [0.29, 0.717) is 22.3 Å². The van der Waals surface area contributed by atoms with Gasteiger partial charge in [-0.05, 0) is 117 Å². The molecule has 0 bridgehead atoms. The molecule has 3 heteroatoms. The van der Waals surface area contributed by atoms with E-state index in [1.165, 1.54) is 63.5 Å². The van der Waals surface area contributed by atoms with Crippen LogP contribution < -0.4 is 4.74 Å². The van der Waals surface area contributed by atoms with Crippen LogP contribution in [0.3, 0.4) is 0 Å². The first kappa shape index (κ1) is 22.4. The Hall–Kier alpha value is -1.09. The Bertz CT molecular complexity index is 901. The standard InChI is InChI=1S/C30H45NO2/c1-19(6-7-21-16-22(32-4)12-15-31-21)24-8-9-25-23-17-27(33-5)30-18-20(30)10-14-29(30,3)26(23)11-13-28(24,25)2/h12,15-16,19-20,23-27H,6-11,13-14,17-18H2,1-5H3/t19-,20-,23+,24-,25+,26+,27?,28-,29-,30+/m1/s1. The largest absolute Gasteiger partial charge is 0.497 e. The average Bonchev–Trinajstić information content (AvgIpc) is 3.33. The highest BCUT2D eigenvalue weighted by molar-refractivity contribution is 5.26. The van der Waals surface area contributed by atoms with Crippen LogP contribution >= 0.6 is 0 Å². The second-order valence-electron chi connectivity index (χ2n) is 13.2. The lowest BCUT2D eigenvalue weighted by Crippen LogP contribution is -2.57. The summed E-state index contributed by atoms with van der Waals surface area (Å²) in [7, 11) is 3.76. The maximum absolute atomic E-state index is 6.31. The minimum absolute atomic E-state index is 0.517. The van der Waals surface area contributed by atoms with E-state index in [-0.39, 0.29) is 0 Å². The molecule has 5 aliphatic carbocycles. The van der Waals surface area contributed by atoms with Crippen LogP contribution in [0.1, 0.15) is 84.3 Å². The molecule has 0 amide bonds. The summed E-state index contributed by atoms with van der Waals surface area (Å²) in [6, 6.07) is 4.07. The molecule has 0 N–H and O–H groups in total. The van der Waals surface area contributed by atoms with Crippen molar-refractivity contribution in [3.63, 3.8) is 0 Å². The van der Waals surface area contributed by atoms with E-state index in [1.807, 2.05) is 19.4 Å². The zero-order chi connectivity index (χ0) is 23.0. The van der Waals surface area contributed by atoms with Crippen molar-refractivity contribution >= 4 is 0 Å². The average molecular weight is 452 g/mol. The molecule has 3 nitrogen and oxygen atoms in total. The van der Waals surface area contributed by atoms with Gasteiger partial charge in [0.05, 0.1) is 13.2 Å². The van der Waals surface area contributed by atoms with Gasteiger partial charge in [0.15, 0.2) is 0 Å². The molecule has 5 fully saturated rings. The topological polar surface area (TPSA) is 31.4 Å². The predicted molar refractivity (Wildman–Crippen MR) is 132 cm³/mol. The maximum Gasteiger partial charge on any atom is 0.122 e. The Morgan fingerprint density at radius 1 is 1.09 bits per heavy atom. The van der Waals surface area contributed by atoms with Gasteiger partial charge in [0, 0.05) is 30.5 Å². The van der Waals surface area contributed by atoms with Crippen molar-refractivity contribution in [2.24, 2.45) is 51.8 Å². The molecular formula is C30H45NO2. The molecule has 0 aliphatic heterocycles. The number of hydrogen-bond donors (Lipinski definition) is 0. The van der Waals surface area contributed by atoms with Gasteiger partial charge in [0.1, 0.15) is 5.75 Å². The highest BCUT2D eigenvalue weighted by Crippen LogP contribution is 2.82. The van der Waals surface area contributed by atoms with Crippen LogP contribution in [0.15, 0.2) is 18.3 Å². The summed E-state index contributed by atoms with van der Waals surface area (Å²) < 4.78 is 11.7. The van der Waals surface area contributed by atoms with Gasteiger partial charge in [-0.15, -0.1) is 0 Å². The van der Waals surface area contributed by atoms with Crippen LogP contribution in [0.25, 0.3) is 0 Å². The summed E-state index contributed by atoms with van der Waals surface area (Å²) in [6.07, 6.45) is 16.3. The van der Waals surface area contributed by atoms with Crippen molar-refractivity contribution in [1.82, 2.24) is 4.98 Å². The quantitative estimate of drug-likeness (QED) is 0.469. The summed E-state index contributed by atoms with van der Waals surface area (Å²) >= 11 is 0. The number of pyridine rings is 1. The molecule has 0 radical (unpaired) electrons. The van der Waals surface area contributed by atoms with Crippen LogP contribution in [-0.4, -0.2) is 25.3 Å². The van der Waals surface area contributed by atoms with E-state index < -0.39 is 0 Å². The zero-order valence-corrected chi connectivity index (χ0v) is 21.6. The molecule has 5 saturated carbocycles. The van der Waals surface area contributed by atoms with E-state index in [1.54, 1.807) is 7.11 Å². The predicted octanol–water partition coefficient (Wildman–Crippen LogP) is 6.94. The fourth-order valence-corrected chi connectivity index (χ4v) is 10.9. The van der Waals surface area contributed by atoms with Crippen molar-refractivity contribution in [3.05, 3.63) is 24.0 Å². The second kappa shape index (κ2) is 7.70. The number of rotatable bonds is 6. The molecule has 6 rings (SSSR count). The van der Waals surface area contributed by atoms with Gasteiger partial charge in [-0.25, -0.2) is 0 Å².